The highest BCUT2D eigenvalue weighted by Gasteiger charge is 2.22. The third-order valence-electron chi connectivity index (χ3n) is 5.66. The van der Waals surface area contributed by atoms with E-state index in [4.69, 9.17) is 5.26 Å². The highest BCUT2D eigenvalue weighted by atomic mass is 32.1. The molecule has 1 N–H and O–H groups in total. The second-order valence-electron chi connectivity index (χ2n) is 7.93. The molecule has 0 radical (unpaired) electrons. The predicted molar refractivity (Wildman–Crippen MR) is 124 cm³/mol. The summed E-state index contributed by atoms with van der Waals surface area (Å²) in [5, 5.41) is 14.0. The van der Waals surface area contributed by atoms with Crippen molar-refractivity contribution in [2.24, 2.45) is 0 Å². The lowest BCUT2D eigenvalue weighted by Crippen LogP contribution is -2.49. The maximum atomic E-state index is 13.4. The number of rotatable bonds is 7. The molecule has 0 unspecified atom stereocenters. The molecular weight excluding hydrogens is 423 g/mol. The summed E-state index contributed by atoms with van der Waals surface area (Å²) in [6, 6.07) is 19.8. The Morgan fingerprint density at radius 1 is 1.03 bits per heavy atom. The number of carbonyl (C=O) groups excluding carboxylic acids is 1. The Bertz CT molecular complexity index is 1050. The van der Waals surface area contributed by atoms with E-state index in [0.717, 1.165) is 43.2 Å². The van der Waals surface area contributed by atoms with E-state index in [9.17, 15) is 9.18 Å². The lowest BCUT2D eigenvalue weighted by Gasteiger charge is -2.34. The van der Waals surface area contributed by atoms with Gasteiger partial charge in [-0.25, -0.2) is 4.39 Å². The molecule has 4 rings (SSSR count). The topological polar surface area (TPSA) is 59.4 Å². The number of halogens is 1. The first-order chi connectivity index (χ1) is 15.6. The van der Waals surface area contributed by atoms with Crippen molar-refractivity contribution in [1.82, 2.24) is 15.1 Å². The molecular formula is C25H25FN4OS. The molecule has 1 aliphatic rings. The molecule has 2 heterocycles. The number of thiophene rings is 1. The van der Waals surface area contributed by atoms with Crippen LogP contribution in [0.3, 0.4) is 0 Å². The van der Waals surface area contributed by atoms with E-state index in [0.29, 0.717) is 12.1 Å². The first-order valence-corrected chi connectivity index (χ1v) is 11.5. The lowest BCUT2D eigenvalue weighted by molar-refractivity contribution is -0.123. The minimum absolute atomic E-state index is 0.0340. The summed E-state index contributed by atoms with van der Waals surface area (Å²) in [6.07, 6.45) is 0. The molecule has 0 saturated carbocycles. The molecule has 1 atom stereocenters. The van der Waals surface area contributed by atoms with Gasteiger partial charge >= 0.3 is 0 Å². The van der Waals surface area contributed by atoms with Crippen molar-refractivity contribution in [2.45, 2.75) is 12.6 Å². The standard InChI is InChI=1S/C25H25FN4OS/c26-22-9-7-21(8-10-22)25(23-2-1-15-32-23)28-24(31)18-30-13-11-29(12-14-30)17-20-5-3-19(16-27)4-6-20/h1-10,15,25H,11-14,17-18H2,(H,28,31)/t25-/m0/s1. The summed E-state index contributed by atoms with van der Waals surface area (Å²) < 4.78 is 13.4. The Labute approximate surface area is 191 Å². The molecule has 1 fully saturated rings. The average molecular weight is 449 g/mol. The van der Waals surface area contributed by atoms with Gasteiger partial charge in [-0.2, -0.15) is 5.26 Å². The third kappa shape index (κ3) is 5.80. The number of piperazine rings is 1. The van der Waals surface area contributed by atoms with Gasteiger partial charge in [-0.1, -0.05) is 30.3 Å². The van der Waals surface area contributed by atoms with Crippen molar-refractivity contribution >= 4 is 17.2 Å². The van der Waals surface area contributed by atoms with Gasteiger partial charge < -0.3 is 5.32 Å². The Balaban J connectivity index is 1.30. The van der Waals surface area contributed by atoms with Gasteiger partial charge in [-0.15, -0.1) is 11.3 Å². The first kappa shape index (κ1) is 22.2. The average Bonchev–Trinajstić information content (AvgIpc) is 3.35. The molecule has 7 heteroatoms. The van der Waals surface area contributed by atoms with Crippen LogP contribution in [0.1, 0.15) is 27.6 Å². The fourth-order valence-corrected chi connectivity index (χ4v) is 4.69. The molecule has 5 nitrogen and oxygen atoms in total. The summed E-state index contributed by atoms with van der Waals surface area (Å²) in [6.45, 7) is 4.61. The Hall–Kier alpha value is -3.05. The van der Waals surface area contributed by atoms with Crippen molar-refractivity contribution in [3.63, 3.8) is 0 Å². The van der Waals surface area contributed by atoms with E-state index in [1.165, 1.54) is 17.7 Å². The van der Waals surface area contributed by atoms with Crippen LogP contribution in [-0.4, -0.2) is 48.4 Å². The zero-order chi connectivity index (χ0) is 22.3. The Morgan fingerprint density at radius 2 is 1.72 bits per heavy atom. The Morgan fingerprint density at radius 3 is 2.34 bits per heavy atom. The number of nitriles is 1. The van der Waals surface area contributed by atoms with Gasteiger partial charge in [-0.05, 0) is 46.8 Å². The van der Waals surface area contributed by atoms with Crippen LogP contribution in [0.2, 0.25) is 0 Å². The van der Waals surface area contributed by atoms with Gasteiger partial charge in [0.1, 0.15) is 5.82 Å². The van der Waals surface area contributed by atoms with Crippen molar-refractivity contribution in [3.05, 3.63) is 93.4 Å². The van der Waals surface area contributed by atoms with Crippen molar-refractivity contribution < 1.29 is 9.18 Å². The van der Waals surface area contributed by atoms with E-state index >= 15 is 0 Å². The quantitative estimate of drug-likeness (QED) is 0.598. The summed E-state index contributed by atoms with van der Waals surface area (Å²) in [7, 11) is 0. The molecule has 0 spiro atoms. The van der Waals surface area contributed by atoms with Crippen LogP contribution in [0.4, 0.5) is 4.39 Å². The third-order valence-corrected chi connectivity index (χ3v) is 6.59. The monoisotopic (exact) mass is 448 g/mol. The number of amides is 1. The minimum atomic E-state index is -0.288. The lowest BCUT2D eigenvalue weighted by atomic mass is 10.1. The fourth-order valence-electron chi connectivity index (χ4n) is 3.89. The Kier molecular flexibility index (Phi) is 7.28. The van der Waals surface area contributed by atoms with Crippen molar-refractivity contribution in [1.29, 1.82) is 5.26 Å². The summed E-state index contributed by atoms with van der Waals surface area (Å²) in [4.78, 5) is 18.4. The first-order valence-electron chi connectivity index (χ1n) is 10.6. The highest BCUT2D eigenvalue weighted by molar-refractivity contribution is 7.10. The zero-order valence-electron chi connectivity index (χ0n) is 17.7. The summed E-state index contributed by atoms with van der Waals surface area (Å²) in [5.74, 6) is -0.322. The number of nitrogens with zero attached hydrogens (tertiary/aromatic N) is 3. The van der Waals surface area contributed by atoms with Gasteiger partial charge in [-0.3, -0.25) is 14.6 Å². The maximum absolute atomic E-state index is 13.4. The molecule has 1 amide bonds. The predicted octanol–water partition coefficient (Wildman–Crippen LogP) is 3.78. The fraction of sp³-hybridized carbons (Fsp3) is 0.280. The van der Waals surface area contributed by atoms with Crippen LogP contribution in [0, 0.1) is 17.1 Å². The number of nitrogens with one attached hydrogen (secondary N) is 1. The van der Waals surface area contributed by atoms with Crippen LogP contribution in [0.15, 0.2) is 66.0 Å². The largest absolute Gasteiger partial charge is 0.343 e. The summed E-state index contributed by atoms with van der Waals surface area (Å²) in [5.41, 5.74) is 2.73. The zero-order valence-corrected chi connectivity index (χ0v) is 18.5. The molecule has 164 valence electrons. The molecule has 1 aliphatic heterocycles. The number of benzene rings is 2. The van der Waals surface area contributed by atoms with E-state index in [1.54, 1.807) is 23.5 Å². The minimum Gasteiger partial charge on any atom is -0.343 e. The molecule has 1 aromatic heterocycles. The van der Waals surface area contributed by atoms with E-state index in [1.807, 2.05) is 41.8 Å². The molecule has 2 aromatic carbocycles. The number of carbonyl (C=O) groups is 1. The normalized spacial score (nSPS) is 15.8. The van der Waals surface area contributed by atoms with Crippen molar-refractivity contribution in [2.75, 3.05) is 32.7 Å². The van der Waals surface area contributed by atoms with Gasteiger partial charge in [0.15, 0.2) is 0 Å². The maximum Gasteiger partial charge on any atom is 0.234 e. The number of hydrogen-bond acceptors (Lipinski definition) is 5. The highest BCUT2D eigenvalue weighted by Crippen LogP contribution is 2.26. The van der Waals surface area contributed by atoms with E-state index in [-0.39, 0.29) is 17.8 Å². The van der Waals surface area contributed by atoms with Crippen LogP contribution >= 0.6 is 11.3 Å². The van der Waals surface area contributed by atoms with Gasteiger partial charge in [0.25, 0.3) is 0 Å². The molecule has 0 bridgehead atoms. The second-order valence-corrected chi connectivity index (χ2v) is 8.91. The van der Waals surface area contributed by atoms with Crippen LogP contribution in [-0.2, 0) is 11.3 Å². The smallest absolute Gasteiger partial charge is 0.234 e. The molecule has 0 aliphatic carbocycles. The van der Waals surface area contributed by atoms with E-state index < -0.39 is 0 Å². The molecule has 32 heavy (non-hydrogen) atoms. The second kappa shape index (κ2) is 10.5. The molecule has 1 saturated heterocycles. The molecule has 3 aromatic rings. The van der Waals surface area contributed by atoms with E-state index in [2.05, 4.69) is 21.2 Å². The van der Waals surface area contributed by atoms with Gasteiger partial charge in [0.05, 0.1) is 24.2 Å². The van der Waals surface area contributed by atoms with Crippen LogP contribution < -0.4 is 5.32 Å². The summed E-state index contributed by atoms with van der Waals surface area (Å²) >= 11 is 1.58. The van der Waals surface area contributed by atoms with Gasteiger partial charge in [0.2, 0.25) is 5.91 Å². The SMILES string of the molecule is N#Cc1ccc(CN2CCN(CC(=O)N[C@@H](c3ccc(F)cc3)c3cccs3)CC2)cc1. The van der Waals surface area contributed by atoms with Crippen LogP contribution in [0.25, 0.3) is 0 Å². The van der Waals surface area contributed by atoms with Crippen molar-refractivity contribution in [3.8, 4) is 6.07 Å². The van der Waals surface area contributed by atoms with Crippen LogP contribution in [0.5, 0.6) is 0 Å². The van der Waals surface area contributed by atoms with Gasteiger partial charge in [0, 0.05) is 37.6 Å². The number of hydrogen-bond donors (Lipinski definition) is 1.